The van der Waals surface area contributed by atoms with Crippen LogP contribution in [-0.4, -0.2) is 30.9 Å². The predicted octanol–water partition coefficient (Wildman–Crippen LogP) is 3.15. The Morgan fingerprint density at radius 2 is 1.45 bits per heavy atom. The molecule has 0 heterocycles. The predicted molar refractivity (Wildman–Crippen MR) is 84.2 cm³/mol. The minimum Gasteiger partial charge on any atom is -0.462 e. The van der Waals surface area contributed by atoms with Crippen LogP contribution in [0.4, 0.5) is 0 Å². The third-order valence-electron chi connectivity index (χ3n) is 3.61. The molecule has 128 valence electrons. The van der Waals surface area contributed by atoms with Crippen molar-refractivity contribution in [2.45, 2.75) is 61.3 Å². The van der Waals surface area contributed by atoms with E-state index in [1.807, 2.05) is 20.8 Å². The number of hydrogen-bond donors (Lipinski definition) is 0. The summed E-state index contributed by atoms with van der Waals surface area (Å²) in [4.78, 5) is 34.3. The van der Waals surface area contributed by atoms with E-state index in [0.717, 1.165) is 0 Å². The van der Waals surface area contributed by atoms with Crippen LogP contribution in [0, 0.1) is 16.7 Å². The highest BCUT2D eigenvalue weighted by molar-refractivity contribution is 5.94. The minimum atomic E-state index is -0.593. The van der Waals surface area contributed by atoms with Crippen LogP contribution in [0.2, 0.25) is 0 Å². The molecule has 1 atom stereocenters. The van der Waals surface area contributed by atoms with Gasteiger partial charge in [-0.2, -0.15) is 0 Å². The molecule has 0 aliphatic carbocycles. The number of ketones is 1. The smallest absolute Gasteiger partial charge is 0.313 e. The molecule has 0 aliphatic heterocycles. The molecule has 0 aromatic carbocycles. The monoisotopic (exact) mass is 314 g/mol. The number of Topliss-reactive ketones (excluding diaryl/α,β-unsaturated/α-hetero) is 1. The van der Waals surface area contributed by atoms with Gasteiger partial charge in [-0.05, 0) is 31.6 Å². The molecule has 1 unspecified atom stereocenters. The van der Waals surface area contributed by atoms with E-state index in [4.69, 9.17) is 9.47 Å². The SMILES string of the molecule is CC(=O)CC(=O)OCCOC(=O)C(C)(CC(C)(C)C)C(C)C. The van der Waals surface area contributed by atoms with Gasteiger partial charge < -0.3 is 9.47 Å². The number of esters is 2. The van der Waals surface area contributed by atoms with E-state index in [-0.39, 0.29) is 42.7 Å². The summed E-state index contributed by atoms with van der Waals surface area (Å²) >= 11 is 0. The van der Waals surface area contributed by atoms with Crippen LogP contribution < -0.4 is 0 Å². The Morgan fingerprint density at radius 3 is 1.86 bits per heavy atom. The Bertz CT molecular complexity index is 406. The summed E-state index contributed by atoms with van der Waals surface area (Å²) in [6.45, 7) is 13.5. The zero-order valence-electron chi connectivity index (χ0n) is 14.9. The van der Waals surface area contributed by atoms with Crippen molar-refractivity contribution in [3.05, 3.63) is 0 Å². The Morgan fingerprint density at radius 1 is 0.955 bits per heavy atom. The maximum atomic E-state index is 12.4. The summed E-state index contributed by atoms with van der Waals surface area (Å²) < 4.78 is 10.1. The van der Waals surface area contributed by atoms with Crippen molar-refractivity contribution in [3.63, 3.8) is 0 Å². The van der Waals surface area contributed by atoms with Crippen molar-refractivity contribution >= 4 is 17.7 Å². The Hall–Kier alpha value is -1.39. The minimum absolute atomic E-state index is 0.00595. The summed E-state index contributed by atoms with van der Waals surface area (Å²) in [6.07, 6.45) is 0.461. The fourth-order valence-electron chi connectivity index (χ4n) is 2.32. The summed E-state index contributed by atoms with van der Waals surface area (Å²) in [5, 5.41) is 0. The third kappa shape index (κ3) is 7.57. The molecule has 0 radical (unpaired) electrons. The van der Waals surface area contributed by atoms with Crippen LogP contribution in [0.5, 0.6) is 0 Å². The van der Waals surface area contributed by atoms with Crippen molar-refractivity contribution in [2.75, 3.05) is 13.2 Å². The first-order valence-electron chi connectivity index (χ1n) is 7.71. The summed E-state index contributed by atoms with van der Waals surface area (Å²) in [5.74, 6) is -0.982. The van der Waals surface area contributed by atoms with Gasteiger partial charge in [-0.1, -0.05) is 34.6 Å². The highest BCUT2D eigenvalue weighted by atomic mass is 16.6. The molecule has 0 amide bonds. The highest BCUT2D eigenvalue weighted by Gasteiger charge is 2.41. The molecule has 5 nitrogen and oxygen atoms in total. The standard InChI is InChI=1S/C17H30O5/c1-12(2)17(7,11-16(4,5)6)15(20)22-9-8-21-14(19)10-13(3)18/h12H,8-11H2,1-7H3. The topological polar surface area (TPSA) is 69.7 Å². The zero-order chi connectivity index (χ0) is 17.6. The van der Waals surface area contributed by atoms with Crippen molar-refractivity contribution in [2.24, 2.45) is 16.7 Å². The maximum Gasteiger partial charge on any atom is 0.313 e. The lowest BCUT2D eigenvalue weighted by atomic mass is 9.69. The first kappa shape index (κ1) is 20.6. The second-order valence-corrected chi connectivity index (χ2v) is 7.54. The lowest BCUT2D eigenvalue weighted by Gasteiger charge is -2.36. The van der Waals surface area contributed by atoms with Crippen molar-refractivity contribution < 1.29 is 23.9 Å². The quantitative estimate of drug-likeness (QED) is 0.391. The van der Waals surface area contributed by atoms with Gasteiger partial charge in [0.25, 0.3) is 0 Å². The number of hydrogen-bond acceptors (Lipinski definition) is 5. The second-order valence-electron chi connectivity index (χ2n) is 7.54. The van der Waals surface area contributed by atoms with Crippen LogP contribution in [0.3, 0.4) is 0 Å². The first-order valence-corrected chi connectivity index (χ1v) is 7.71. The number of rotatable bonds is 8. The normalized spacial score (nSPS) is 14.4. The van der Waals surface area contributed by atoms with Gasteiger partial charge in [0.1, 0.15) is 25.4 Å². The van der Waals surface area contributed by atoms with E-state index < -0.39 is 11.4 Å². The van der Waals surface area contributed by atoms with Crippen LogP contribution >= 0.6 is 0 Å². The average Bonchev–Trinajstić information content (AvgIpc) is 2.30. The Labute approximate surface area is 133 Å². The van der Waals surface area contributed by atoms with E-state index >= 15 is 0 Å². The molecule has 0 aromatic rings. The molecule has 5 heteroatoms. The van der Waals surface area contributed by atoms with Gasteiger partial charge in [-0.3, -0.25) is 14.4 Å². The number of carbonyl (C=O) groups excluding carboxylic acids is 3. The molecule has 0 N–H and O–H groups in total. The molecular formula is C17H30O5. The van der Waals surface area contributed by atoms with Crippen LogP contribution in [0.1, 0.15) is 61.3 Å². The molecule has 0 bridgehead atoms. The molecular weight excluding hydrogens is 284 g/mol. The molecule has 0 aliphatic rings. The molecule has 0 saturated carbocycles. The molecule has 0 fully saturated rings. The molecule has 0 aromatic heterocycles. The van der Waals surface area contributed by atoms with Gasteiger partial charge >= 0.3 is 11.9 Å². The van der Waals surface area contributed by atoms with E-state index in [1.165, 1.54) is 6.92 Å². The van der Waals surface area contributed by atoms with Crippen molar-refractivity contribution in [1.29, 1.82) is 0 Å². The van der Waals surface area contributed by atoms with Crippen LogP contribution in [0.25, 0.3) is 0 Å². The lowest BCUT2D eigenvalue weighted by Crippen LogP contribution is -2.39. The van der Waals surface area contributed by atoms with Gasteiger partial charge in [0, 0.05) is 0 Å². The van der Waals surface area contributed by atoms with Gasteiger partial charge in [-0.25, -0.2) is 0 Å². The fraction of sp³-hybridized carbons (Fsp3) is 0.824. The first-order chi connectivity index (χ1) is 9.88. The fourth-order valence-corrected chi connectivity index (χ4v) is 2.32. The summed E-state index contributed by atoms with van der Waals surface area (Å²) in [7, 11) is 0. The maximum absolute atomic E-state index is 12.4. The van der Waals surface area contributed by atoms with Gasteiger partial charge in [-0.15, -0.1) is 0 Å². The van der Waals surface area contributed by atoms with E-state index in [2.05, 4.69) is 20.8 Å². The van der Waals surface area contributed by atoms with E-state index in [9.17, 15) is 14.4 Å². The largest absolute Gasteiger partial charge is 0.462 e. The highest BCUT2D eigenvalue weighted by Crippen LogP contribution is 2.40. The van der Waals surface area contributed by atoms with Crippen LogP contribution in [0.15, 0.2) is 0 Å². The molecule has 22 heavy (non-hydrogen) atoms. The van der Waals surface area contributed by atoms with Gasteiger partial charge in [0.05, 0.1) is 5.41 Å². The van der Waals surface area contributed by atoms with Crippen molar-refractivity contribution in [3.8, 4) is 0 Å². The second kappa shape index (κ2) is 8.30. The average molecular weight is 314 g/mol. The lowest BCUT2D eigenvalue weighted by molar-refractivity contribution is -0.164. The summed E-state index contributed by atoms with van der Waals surface area (Å²) in [6, 6.07) is 0. The zero-order valence-corrected chi connectivity index (χ0v) is 14.9. The number of carbonyl (C=O) groups is 3. The van der Waals surface area contributed by atoms with Gasteiger partial charge in [0.15, 0.2) is 0 Å². The molecule has 0 saturated heterocycles. The van der Waals surface area contributed by atoms with E-state index in [1.54, 1.807) is 0 Å². The summed E-state index contributed by atoms with van der Waals surface area (Å²) in [5.41, 5.74) is -0.576. The number of ether oxygens (including phenoxy) is 2. The van der Waals surface area contributed by atoms with Gasteiger partial charge in [0.2, 0.25) is 0 Å². The van der Waals surface area contributed by atoms with E-state index in [0.29, 0.717) is 6.42 Å². The molecule has 0 rings (SSSR count). The van der Waals surface area contributed by atoms with Crippen molar-refractivity contribution in [1.82, 2.24) is 0 Å². The Balaban J connectivity index is 4.43. The Kier molecular flexibility index (Phi) is 7.77. The molecule has 0 spiro atoms. The third-order valence-corrected chi connectivity index (χ3v) is 3.61. The van der Waals surface area contributed by atoms with Crippen LogP contribution in [-0.2, 0) is 23.9 Å².